The number of likely N-dealkylation sites (tertiary alicyclic amines) is 1. The van der Waals surface area contributed by atoms with Crippen molar-refractivity contribution in [1.29, 1.82) is 0 Å². The highest BCUT2D eigenvalue weighted by atomic mass is 16.5. The average molecular weight is 479 g/mol. The third kappa shape index (κ3) is 3.38. The molecule has 2 unspecified atom stereocenters. The van der Waals surface area contributed by atoms with E-state index in [0.29, 0.717) is 24.9 Å². The molecule has 35 heavy (non-hydrogen) atoms. The van der Waals surface area contributed by atoms with Crippen molar-refractivity contribution in [3.05, 3.63) is 55.1 Å². The van der Waals surface area contributed by atoms with Crippen LogP contribution < -0.4 is 4.90 Å². The molecule has 8 heteroatoms. The second-order valence-electron chi connectivity index (χ2n) is 9.65. The second kappa shape index (κ2) is 8.77. The number of rotatable bonds is 8. The minimum atomic E-state index is -1.22. The molecule has 2 amide bonds. The van der Waals surface area contributed by atoms with Crippen molar-refractivity contribution in [1.82, 2.24) is 4.90 Å². The van der Waals surface area contributed by atoms with Crippen molar-refractivity contribution >= 4 is 34.2 Å². The minimum absolute atomic E-state index is 0.207. The molecule has 184 valence electrons. The summed E-state index contributed by atoms with van der Waals surface area (Å²) in [5.41, 5.74) is -0.568. The molecule has 6 atom stereocenters. The number of nitrogens with zero attached hydrogens (tertiary/aromatic N) is 2. The molecule has 0 aliphatic carbocycles. The Morgan fingerprint density at radius 1 is 1.29 bits per heavy atom. The van der Waals surface area contributed by atoms with Gasteiger partial charge in [-0.3, -0.25) is 14.4 Å². The summed E-state index contributed by atoms with van der Waals surface area (Å²) in [6.07, 6.45) is 2.35. The van der Waals surface area contributed by atoms with E-state index in [9.17, 15) is 24.6 Å². The van der Waals surface area contributed by atoms with Crippen LogP contribution in [0.5, 0.6) is 0 Å². The molecule has 2 aromatic carbocycles. The number of aliphatic hydroxyl groups excluding tert-OH is 1. The Morgan fingerprint density at radius 2 is 2.03 bits per heavy atom. The van der Waals surface area contributed by atoms with E-state index in [0.717, 1.165) is 10.8 Å². The summed E-state index contributed by atoms with van der Waals surface area (Å²) >= 11 is 0. The van der Waals surface area contributed by atoms with Gasteiger partial charge < -0.3 is 24.7 Å². The SMILES string of the molecule is C=CCN(C(=O)C1N([C@@H](CC)CO)C(=O)[C@@H]2[C@H](C(=O)O)[C@@H]3CCC12O3)c1ccc2ccccc2c1. The third-order valence-electron chi connectivity index (χ3n) is 7.95. The Kier molecular flexibility index (Phi) is 5.89. The maximum Gasteiger partial charge on any atom is 0.310 e. The maximum atomic E-state index is 14.3. The van der Waals surface area contributed by atoms with Crippen LogP contribution in [0.15, 0.2) is 55.1 Å². The smallest absolute Gasteiger partial charge is 0.310 e. The lowest BCUT2D eigenvalue weighted by Crippen LogP contribution is -2.59. The van der Waals surface area contributed by atoms with Crippen LogP contribution in [0.3, 0.4) is 0 Å². The van der Waals surface area contributed by atoms with Crippen LogP contribution in [0.1, 0.15) is 26.2 Å². The van der Waals surface area contributed by atoms with Crippen LogP contribution in [-0.2, 0) is 19.1 Å². The quantitative estimate of drug-likeness (QED) is 0.565. The lowest BCUT2D eigenvalue weighted by molar-refractivity contribution is -0.151. The summed E-state index contributed by atoms with van der Waals surface area (Å²) in [6.45, 7) is 5.54. The number of fused-ring (bicyclic) bond motifs is 2. The minimum Gasteiger partial charge on any atom is -0.481 e. The number of hydrogen-bond donors (Lipinski definition) is 2. The Bertz CT molecular complexity index is 1190. The number of anilines is 1. The van der Waals surface area contributed by atoms with E-state index in [-0.39, 0.29) is 19.1 Å². The van der Waals surface area contributed by atoms with E-state index < -0.39 is 47.5 Å². The summed E-state index contributed by atoms with van der Waals surface area (Å²) in [4.78, 5) is 43.2. The van der Waals surface area contributed by atoms with E-state index in [1.807, 2.05) is 49.4 Å². The first-order valence-electron chi connectivity index (χ1n) is 12.1. The zero-order chi connectivity index (χ0) is 24.9. The van der Waals surface area contributed by atoms with Gasteiger partial charge in [0.05, 0.1) is 30.6 Å². The van der Waals surface area contributed by atoms with E-state index in [4.69, 9.17) is 4.74 Å². The molecule has 0 radical (unpaired) electrons. The van der Waals surface area contributed by atoms with Crippen molar-refractivity contribution in [3.8, 4) is 0 Å². The molecule has 3 saturated heterocycles. The van der Waals surface area contributed by atoms with Crippen molar-refractivity contribution in [2.24, 2.45) is 11.8 Å². The first-order chi connectivity index (χ1) is 16.9. The molecule has 2 aromatic rings. The van der Waals surface area contributed by atoms with Gasteiger partial charge in [-0.15, -0.1) is 6.58 Å². The number of carboxylic acid groups (broad SMARTS) is 1. The normalized spacial score (nSPS) is 29.9. The molecule has 2 N–H and O–H groups in total. The first kappa shape index (κ1) is 23.5. The fourth-order valence-electron chi connectivity index (χ4n) is 6.40. The maximum absolute atomic E-state index is 14.3. The Morgan fingerprint density at radius 3 is 2.69 bits per heavy atom. The van der Waals surface area contributed by atoms with Crippen molar-refractivity contribution < 1.29 is 29.3 Å². The fraction of sp³-hybridized carbons (Fsp3) is 0.444. The van der Waals surface area contributed by atoms with Crippen molar-refractivity contribution in [2.45, 2.75) is 50.0 Å². The van der Waals surface area contributed by atoms with E-state index in [2.05, 4.69) is 6.58 Å². The molecule has 3 aliphatic heterocycles. The summed E-state index contributed by atoms with van der Waals surface area (Å²) in [6, 6.07) is 11.9. The Balaban J connectivity index is 1.62. The van der Waals surface area contributed by atoms with Gasteiger partial charge in [-0.1, -0.05) is 43.3 Å². The highest BCUT2D eigenvalue weighted by Crippen LogP contribution is 2.59. The van der Waals surface area contributed by atoms with Gasteiger partial charge in [0.2, 0.25) is 5.91 Å². The molecule has 2 bridgehead atoms. The van der Waals surface area contributed by atoms with Gasteiger partial charge >= 0.3 is 5.97 Å². The van der Waals surface area contributed by atoms with Gasteiger partial charge in [0.25, 0.3) is 5.91 Å². The molecule has 3 heterocycles. The predicted octanol–water partition coefficient (Wildman–Crippen LogP) is 2.59. The van der Waals surface area contributed by atoms with Crippen LogP contribution in [0.2, 0.25) is 0 Å². The number of hydrogen-bond acceptors (Lipinski definition) is 5. The highest BCUT2D eigenvalue weighted by molar-refractivity contribution is 6.05. The molecule has 5 rings (SSSR count). The largest absolute Gasteiger partial charge is 0.481 e. The number of aliphatic hydroxyl groups is 1. The van der Waals surface area contributed by atoms with E-state index in [1.165, 1.54) is 4.90 Å². The molecule has 3 fully saturated rings. The fourth-order valence-corrected chi connectivity index (χ4v) is 6.40. The van der Waals surface area contributed by atoms with Crippen molar-refractivity contribution in [2.75, 3.05) is 18.1 Å². The Hall–Kier alpha value is -3.23. The number of carboxylic acids is 1. The van der Waals surface area contributed by atoms with Crippen LogP contribution >= 0.6 is 0 Å². The number of benzene rings is 2. The molecule has 0 saturated carbocycles. The zero-order valence-corrected chi connectivity index (χ0v) is 19.7. The third-order valence-corrected chi connectivity index (χ3v) is 7.95. The number of carbonyl (C=O) groups is 3. The first-order valence-corrected chi connectivity index (χ1v) is 12.1. The number of ether oxygens (including phenoxy) is 1. The van der Waals surface area contributed by atoms with Gasteiger partial charge in [-0.05, 0) is 42.2 Å². The summed E-state index contributed by atoms with van der Waals surface area (Å²) in [5, 5.41) is 22.0. The van der Waals surface area contributed by atoms with Gasteiger partial charge in [-0.2, -0.15) is 0 Å². The van der Waals surface area contributed by atoms with Gasteiger partial charge in [0.1, 0.15) is 11.6 Å². The summed E-state index contributed by atoms with van der Waals surface area (Å²) in [5.74, 6) is -3.81. The lowest BCUT2D eigenvalue weighted by Gasteiger charge is -2.39. The molecule has 0 aromatic heterocycles. The average Bonchev–Trinajstić information content (AvgIpc) is 3.50. The van der Waals surface area contributed by atoms with E-state index in [1.54, 1.807) is 11.0 Å². The standard InChI is InChI=1S/C27H30N2O6/c1-3-13-28(19-10-9-16-7-5-6-8-17(16)14-19)25(32)23-27-12-11-20(35-27)21(26(33)34)22(27)24(31)29(23)18(4-2)15-30/h3,5-10,14,18,20-23,30H,1,4,11-13,15H2,2H3,(H,33,34)/t18-,20-,21+,22-,23?,27?/m0/s1. The van der Waals surface area contributed by atoms with Crippen LogP contribution in [0.25, 0.3) is 10.8 Å². The molecule has 8 nitrogen and oxygen atoms in total. The van der Waals surface area contributed by atoms with E-state index >= 15 is 0 Å². The Labute approximate surface area is 203 Å². The van der Waals surface area contributed by atoms with Crippen LogP contribution in [0.4, 0.5) is 5.69 Å². The second-order valence-corrected chi connectivity index (χ2v) is 9.65. The molecule has 1 spiro atoms. The van der Waals surface area contributed by atoms with Gasteiger partial charge in [-0.25, -0.2) is 0 Å². The summed E-state index contributed by atoms with van der Waals surface area (Å²) in [7, 11) is 0. The van der Waals surface area contributed by atoms with Gasteiger partial charge in [0, 0.05) is 12.2 Å². The molecular formula is C27H30N2O6. The van der Waals surface area contributed by atoms with Crippen LogP contribution in [-0.4, -0.2) is 69.8 Å². The van der Waals surface area contributed by atoms with Gasteiger partial charge in [0.15, 0.2) is 0 Å². The number of carbonyl (C=O) groups excluding carboxylic acids is 2. The molecular weight excluding hydrogens is 448 g/mol. The molecule has 3 aliphatic rings. The highest BCUT2D eigenvalue weighted by Gasteiger charge is 2.75. The summed E-state index contributed by atoms with van der Waals surface area (Å²) < 4.78 is 6.27. The predicted molar refractivity (Wildman–Crippen MR) is 130 cm³/mol. The zero-order valence-electron chi connectivity index (χ0n) is 19.7. The lowest BCUT2D eigenvalue weighted by atomic mass is 9.70. The number of amides is 2. The number of aliphatic carboxylic acids is 1. The topological polar surface area (TPSA) is 107 Å². The van der Waals surface area contributed by atoms with Crippen molar-refractivity contribution in [3.63, 3.8) is 0 Å². The monoisotopic (exact) mass is 478 g/mol. The van der Waals surface area contributed by atoms with Crippen LogP contribution in [0, 0.1) is 11.8 Å².